The SMILES string of the molecule is C=C(Br)CN=C(NCC)NC1CC1.I. The van der Waals surface area contributed by atoms with Crippen molar-refractivity contribution >= 4 is 45.9 Å². The lowest BCUT2D eigenvalue weighted by atomic mass is 10.6. The summed E-state index contributed by atoms with van der Waals surface area (Å²) in [6, 6.07) is 0.640. The highest BCUT2D eigenvalue weighted by atomic mass is 127. The van der Waals surface area contributed by atoms with Gasteiger partial charge in [0.15, 0.2) is 5.96 Å². The van der Waals surface area contributed by atoms with Crippen LogP contribution < -0.4 is 10.6 Å². The Balaban J connectivity index is 0.00000169. The molecule has 14 heavy (non-hydrogen) atoms. The normalized spacial score (nSPS) is 15.7. The summed E-state index contributed by atoms with van der Waals surface area (Å²) >= 11 is 3.28. The van der Waals surface area contributed by atoms with E-state index >= 15 is 0 Å². The third-order valence-corrected chi connectivity index (χ3v) is 1.92. The van der Waals surface area contributed by atoms with E-state index in [-0.39, 0.29) is 24.0 Å². The van der Waals surface area contributed by atoms with Crippen molar-refractivity contribution in [1.82, 2.24) is 10.6 Å². The van der Waals surface area contributed by atoms with Gasteiger partial charge in [-0.2, -0.15) is 0 Å². The van der Waals surface area contributed by atoms with E-state index in [1.807, 2.05) is 0 Å². The fraction of sp³-hybridized carbons (Fsp3) is 0.667. The first-order valence-corrected chi connectivity index (χ1v) is 5.39. The minimum absolute atomic E-state index is 0. The molecule has 0 aliphatic heterocycles. The van der Waals surface area contributed by atoms with Crippen molar-refractivity contribution in [3.63, 3.8) is 0 Å². The van der Waals surface area contributed by atoms with Gasteiger partial charge in [0.05, 0.1) is 6.54 Å². The van der Waals surface area contributed by atoms with Crippen LogP contribution in [-0.2, 0) is 0 Å². The van der Waals surface area contributed by atoms with Crippen LogP contribution in [0.15, 0.2) is 16.1 Å². The molecule has 1 fully saturated rings. The van der Waals surface area contributed by atoms with Crippen LogP contribution in [0, 0.1) is 0 Å². The van der Waals surface area contributed by atoms with Gasteiger partial charge >= 0.3 is 0 Å². The topological polar surface area (TPSA) is 36.4 Å². The van der Waals surface area contributed by atoms with Gasteiger partial charge in [-0.1, -0.05) is 22.5 Å². The number of guanidine groups is 1. The highest BCUT2D eigenvalue weighted by Crippen LogP contribution is 2.18. The molecular weight excluding hydrogens is 357 g/mol. The molecule has 0 aromatic rings. The third kappa shape index (κ3) is 6.64. The molecule has 0 heterocycles. The molecule has 1 saturated carbocycles. The Morgan fingerprint density at radius 3 is 2.64 bits per heavy atom. The van der Waals surface area contributed by atoms with Gasteiger partial charge in [0.2, 0.25) is 0 Å². The van der Waals surface area contributed by atoms with Crippen molar-refractivity contribution < 1.29 is 0 Å². The number of nitrogens with one attached hydrogen (secondary N) is 2. The molecule has 0 unspecified atom stereocenters. The Bertz CT molecular complexity index is 214. The van der Waals surface area contributed by atoms with Crippen LogP contribution in [0.2, 0.25) is 0 Å². The van der Waals surface area contributed by atoms with E-state index in [2.05, 4.69) is 45.1 Å². The van der Waals surface area contributed by atoms with Gasteiger partial charge in [0.1, 0.15) is 0 Å². The highest BCUT2D eigenvalue weighted by molar-refractivity contribution is 14.0. The number of rotatable bonds is 4. The molecule has 2 N–H and O–H groups in total. The molecule has 82 valence electrons. The van der Waals surface area contributed by atoms with Crippen LogP contribution in [-0.4, -0.2) is 25.1 Å². The first kappa shape index (κ1) is 14.2. The van der Waals surface area contributed by atoms with E-state index in [1.165, 1.54) is 12.8 Å². The second-order valence-corrected chi connectivity index (χ2v) is 4.25. The van der Waals surface area contributed by atoms with Gasteiger partial charge in [-0.05, 0) is 19.8 Å². The van der Waals surface area contributed by atoms with Crippen LogP contribution in [0.4, 0.5) is 0 Å². The standard InChI is InChI=1S/C9H16BrN3.HI/c1-3-11-9(12-6-7(2)10)13-8-4-5-8;/h8H,2-6H2,1H3,(H2,11,12,13);1H. The first-order valence-electron chi connectivity index (χ1n) is 4.60. The molecule has 0 bridgehead atoms. The van der Waals surface area contributed by atoms with Crippen LogP contribution in [0.1, 0.15) is 19.8 Å². The Morgan fingerprint density at radius 2 is 2.21 bits per heavy atom. The molecule has 0 aromatic carbocycles. The van der Waals surface area contributed by atoms with E-state index in [1.54, 1.807) is 0 Å². The van der Waals surface area contributed by atoms with Crippen molar-refractivity contribution in [2.45, 2.75) is 25.8 Å². The lowest BCUT2D eigenvalue weighted by Crippen LogP contribution is -2.38. The minimum Gasteiger partial charge on any atom is -0.357 e. The molecule has 0 amide bonds. The van der Waals surface area contributed by atoms with E-state index in [0.717, 1.165) is 17.0 Å². The highest BCUT2D eigenvalue weighted by Gasteiger charge is 2.21. The molecule has 0 aromatic heterocycles. The predicted octanol–water partition coefficient (Wildman–Crippen LogP) is 2.23. The Kier molecular flexibility index (Phi) is 7.62. The maximum absolute atomic E-state index is 4.34. The summed E-state index contributed by atoms with van der Waals surface area (Å²) in [6.45, 7) is 7.32. The average molecular weight is 374 g/mol. The summed E-state index contributed by atoms with van der Waals surface area (Å²) in [5, 5.41) is 6.51. The van der Waals surface area contributed by atoms with Gasteiger partial charge in [-0.25, -0.2) is 4.99 Å². The van der Waals surface area contributed by atoms with E-state index in [4.69, 9.17) is 0 Å². The Labute approximate surface area is 111 Å². The number of hydrogen-bond donors (Lipinski definition) is 2. The van der Waals surface area contributed by atoms with Crippen molar-refractivity contribution in [2.75, 3.05) is 13.1 Å². The summed E-state index contributed by atoms with van der Waals surface area (Å²) in [5.41, 5.74) is 0. The van der Waals surface area contributed by atoms with Gasteiger partial charge in [0, 0.05) is 17.1 Å². The summed E-state index contributed by atoms with van der Waals surface area (Å²) in [4.78, 5) is 4.34. The molecular formula is C9H17BrIN3. The third-order valence-electron chi connectivity index (χ3n) is 1.67. The van der Waals surface area contributed by atoms with Gasteiger partial charge in [-0.3, -0.25) is 0 Å². The monoisotopic (exact) mass is 373 g/mol. The molecule has 0 radical (unpaired) electrons. The zero-order valence-electron chi connectivity index (χ0n) is 8.35. The summed E-state index contributed by atoms with van der Waals surface area (Å²) in [5.74, 6) is 0.894. The molecule has 1 aliphatic rings. The summed E-state index contributed by atoms with van der Waals surface area (Å²) in [7, 11) is 0. The lowest BCUT2D eigenvalue weighted by Gasteiger charge is -2.09. The van der Waals surface area contributed by atoms with Crippen LogP contribution >= 0.6 is 39.9 Å². The smallest absolute Gasteiger partial charge is 0.191 e. The van der Waals surface area contributed by atoms with Crippen LogP contribution in [0.5, 0.6) is 0 Å². The molecule has 3 nitrogen and oxygen atoms in total. The number of hydrogen-bond acceptors (Lipinski definition) is 1. The van der Waals surface area contributed by atoms with Crippen molar-refractivity contribution in [2.24, 2.45) is 4.99 Å². The van der Waals surface area contributed by atoms with Crippen LogP contribution in [0.25, 0.3) is 0 Å². The second-order valence-electron chi connectivity index (χ2n) is 3.13. The van der Waals surface area contributed by atoms with Crippen molar-refractivity contribution in [1.29, 1.82) is 0 Å². The van der Waals surface area contributed by atoms with Crippen molar-refractivity contribution in [3.05, 3.63) is 11.1 Å². The number of nitrogens with zero attached hydrogens (tertiary/aromatic N) is 1. The van der Waals surface area contributed by atoms with Gasteiger partial charge in [0.25, 0.3) is 0 Å². The fourth-order valence-electron chi connectivity index (χ4n) is 0.906. The lowest BCUT2D eigenvalue weighted by molar-refractivity contribution is 0.820. The zero-order valence-corrected chi connectivity index (χ0v) is 12.3. The molecule has 5 heteroatoms. The Morgan fingerprint density at radius 1 is 1.57 bits per heavy atom. The van der Waals surface area contributed by atoms with E-state index in [0.29, 0.717) is 12.6 Å². The maximum Gasteiger partial charge on any atom is 0.191 e. The first-order chi connectivity index (χ1) is 6.22. The predicted molar refractivity (Wildman–Crippen MR) is 75.6 cm³/mol. The van der Waals surface area contributed by atoms with Gasteiger partial charge < -0.3 is 10.6 Å². The minimum atomic E-state index is 0. The maximum atomic E-state index is 4.34. The largest absolute Gasteiger partial charge is 0.357 e. The molecule has 1 aliphatic carbocycles. The second kappa shape index (κ2) is 7.50. The van der Waals surface area contributed by atoms with E-state index in [9.17, 15) is 0 Å². The quantitative estimate of drug-likeness (QED) is 0.450. The number of aliphatic imine (C=N–C) groups is 1. The fourth-order valence-corrected chi connectivity index (χ4v) is 1.03. The average Bonchev–Trinajstić information content (AvgIpc) is 2.84. The summed E-state index contributed by atoms with van der Waals surface area (Å²) < 4.78 is 0.903. The molecule has 0 atom stereocenters. The van der Waals surface area contributed by atoms with Gasteiger partial charge in [-0.15, -0.1) is 24.0 Å². The molecule has 0 spiro atoms. The summed E-state index contributed by atoms with van der Waals surface area (Å²) in [6.07, 6.45) is 2.53. The van der Waals surface area contributed by atoms with Crippen LogP contribution in [0.3, 0.4) is 0 Å². The zero-order chi connectivity index (χ0) is 9.68. The van der Waals surface area contributed by atoms with Crippen molar-refractivity contribution in [3.8, 4) is 0 Å². The Hall–Kier alpha value is 0.220. The molecule has 1 rings (SSSR count). The van der Waals surface area contributed by atoms with E-state index < -0.39 is 0 Å². The number of halogens is 2. The molecule has 0 saturated heterocycles.